The van der Waals surface area contributed by atoms with E-state index in [9.17, 15) is 29.7 Å². The predicted molar refractivity (Wildman–Crippen MR) is 82.5 cm³/mol. The minimum atomic E-state index is -1.35. The Morgan fingerprint density at radius 1 is 0.958 bits per heavy atom. The molecular formula is C18H14O6. The molecule has 0 heterocycles. The van der Waals surface area contributed by atoms with Crippen LogP contribution in [0.4, 0.5) is 0 Å². The second kappa shape index (κ2) is 4.96. The predicted octanol–water partition coefficient (Wildman–Crippen LogP) is 0.910. The molecule has 6 heteroatoms. The molecule has 0 saturated heterocycles. The summed E-state index contributed by atoms with van der Waals surface area (Å²) >= 11 is 0. The smallest absolute Gasteiger partial charge is 0.205 e. The zero-order valence-electron chi connectivity index (χ0n) is 12.5. The lowest BCUT2D eigenvalue weighted by atomic mass is 9.64. The first kappa shape index (κ1) is 15.0. The van der Waals surface area contributed by atoms with E-state index in [1.54, 1.807) is 18.2 Å². The summed E-state index contributed by atoms with van der Waals surface area (Å²) in [6.45, 7) is 0. The highest BCUT2D eigenvalue weighted by Gasteiger charge is 2.53. The monoisotopic (exact) mass is 326 g/mol. The zero-order valence-corrected chi connectivity index (χ0v) is 12.5. The summed E-state index contributed by atoms with van der Waals surface area (Å²) < 4.78 is 0. The molecule has 2 aromatic carbocycles. The summed E-state index contributed by atoms with van der Waals surface area (Å²) in [6.07, 6.45) is -3.05. The van der Waals surface area contributed by atoms with E-state index < -0.39 is 47.8 Å². The minimum Gasteiger partial charge on any atom is -0.507 e. The summed E-state index contributed by atoms with van der Waals surface area (Å²) in [5.74, 6) is -4.46. The van der Waals surface area contributed by atoms with Crippen molar-refractivity contribution in [2.75, 3.05) is 0 Å². The van der Waals surface area contributed by atoms with Crippen LogP contribution in [0.15, 0.2) is 30.3 Å². The molecule has 6 nitrogen and oxygen atoms in total. The number of phenolic OH excluding ortho intramolecular Hbond substituents is 1. The Kier molecular flexibility index (Phi) is 3.10. The number of Topliss-reactive ketones (excluding diaryl/α,β-unsaturated/α-hetero) is 3. The number of carbonyl (C=O) groups is 3. The maximum Gasteiger partial charge on any atom is 0.205 e. The Morgan fingerprint density at radius 2 is 1.71 bits per heavy atom. The molecule has 4 unspecified atom stereocenters. The van der Waals surface area contributed by atoms with Crippen molar-refractivity contribution >= 4 is 28.1 Å². The lowest BCUT2D eigenvalue weighted by molar-refractivity contribution is -0.150. The van der Waals surface area contributed by atoms with Gasteiger partial charge in [-0.3, -0.25) is 14.4 Å². The fourth-order valence-electron chi connectivity index (χ4n) is 3.84. The third-order valence-electron chi connectivity index (χ3n) is 5.03. The van der Waals surface area contributed by atoms with Crippen LogP contribution in [0.3, 0.4) is 0 Å². The molecule has 1 saturated carbocycles. The second-order valence-corrected chi connectivity index (χ2v) is 6.36. The number of fused-ring (bicyclic) bond motifs is 3. The molecule has 2 aromatic rings. The minimum absolute atomic E-state index is 0.00448. The lowest BCUT2D eigenvalue weighted by Crippen LogP contribution is -2.52. The highest BCUT2D eigenvalue weighted by atomic mass is 16.3. The second-order valence-electron chi connectivity index (χ2n) is 6.36. The van der Waals surface area contributed by atoms with Gasteiger partial charge in [0, 0.05) is 17.4 Å². The van der Waals surface area contributed by atoms with Crippen molar-refractivity contribution < 1.29 is 29.7 Å². The van der Waals surface area contributed by atoms with Crippen LogP contribution in [-0.2, 0) is 9.59 Å². The molecule has 4 rings (SSSR count). The highest BCUT2D eigenvalue weighted by Crippen LogP contribution is 2.45. The van der Waals surface area contributed by atoms with E-state index >= 15 is 0 Å². The summed E-state index contributed by atoms with van der Waals surface area (Å²) in [7, 11) is 0. The number of carbonyl (C=O) groups excluding carboxylic acids is 3. The van der Waals surface area contributed by atoms with Crippen LogP contribution in [0.2, 0.25) is 0 Å². The molecule has 0 amide bonds. The van der Waals surface area contributed by atoms with Crippen LogP contribution in [0.25, 0.3) is 10.8 Å². The molecular weight excluding hydrogens is 312 g/mol. The number of hydrogen-bond donors (Lipinski definition) is 3. The van der Waals surface area contributed by atoms with E-state index in [0.29, 0.717) is 10.8 Å². The molecule has 2 aliphatic rings. The van der Waals surface area contributed by atoms with Gasteiger partial charge in [0.2, 0.25) is 11.6 Å². The van der Waals surface area contributed by atoms with Gasteiger partial charge in [-0.15, -0.1) is 0 Å². The Hall–Kier alpha value is -2.57. The Morgan fingerprint density at radius 3 is 2.46 bits per heavy atom. The summed E-state index contributed by atoms with van der Waals surface area (Å²) in [6, 6.07) is 7.83. The van der Waals surface area contributed by atoms with Gasteiger partial charge in [-0.1, -0.05) is 12.1 Å². The van der Waals surface area contributed by atoms with Crippen LogP contribution in [0, 0.1) is 11.8 Å². The average Bonchev–Trinajstić information content (AvgIpc) is 2.55. The van der Waals surface area contributed by atoms with Crippen molar-refractivity contribution in [1.29, 1.82) is 0 Å². The molecule has 122 valence electrons. The lowest BCUT2D eigenvalue weighted by Gasteiger charge is -2.39. The van der Waals surface area contributed by atoms with Crippen molar-refractivity contribution in [2.45, 2.75) is 18.6 Å². The van der Waals surface area contributed by atoms with Crippen molar-refractivity contribution in [2.24, 2.45) is 11.8 Å². The molecule has 4 atom stereocenters. The molecule has 0 bridgehead atoms. The van der Waals surface area contributed by atoms with E-state index in [1.165, 1.54) is 12.1 Å². The van der Waals surface area contributed by atoms with Gasteiger partial charge in [0.1, 0.15) is 5.75 Å². The molecule has 1 fully saturated rings. The SMILES string of the molecule is O=C1CC(O)C2C(=O)c3cc4c(O)cccc4cc3C(O)C2C1=O. The van der Waals surface area contributed by atoms with Gasteiger partial charge in [0.15, 0.2) is 5.78 Å². The van der Waals surface area contributed by atoms with Gasteiger partial charge in [0.05, 0.1) is 24.0 Å². The maximum absolute atomic E-state index is 12.8. The van der Waals surface area contributed by atoms with Gasteiger partial charge in [-0.05, 0) is 29.1 Å². The average molecular weight is 326 g/mol. The normalized spacial score (nSPS) is 29.5. The van der Waals surface area contributed by atoms with Gasteiger partial charge < -0.3 is 15.3 Å². The fourth-order valence-corrected chi connectivity index (χ4v) is 3.84. The number of ketones is 3. The van der Waals surface area contributed by atoms with Crippen molar-refractivity contribution in [3.8, 4) is 5.75 Å². The fraction of sp³-hybridized carbons (Fsp3) is 0.278. The number of aliphatic hydroxyl groups excluding tert-OH is 2. The Labute approximate surface area is 136 Å². The van der Waals surface area contributed by atoms with Gasteiger partial charge in [-0.25, -0.2) is 0 Å². The number of rotatable bonds is 0. The quantitative estimate of drug-likeness (QED) is 0.620. The molecule has 24 heavy (non-hydrogen) atoms. The molecule has 0 aliphatic heterocycles. The molecule has 3 N–H and O–H groups in total. The van der Waals surface area contributed by atoms with E-state index in [1.807, 2.05) is 0 Å². The van der Waals surface area contributed by atoms with E-state index in [0.717, 1.165) is 0 Å². The van der Waals surface area contributed by atoms with Crippen LogP contribution in [-0.4, -0.2) is 38.8 Å². The zero-order chi connectivity index (χ0) is 17.2. The summed E-state index contributed by atoms with van der Waals surface area (Å²) in [5, 5.41) is 31.7. The highest BCUT2D eigenvalue weighted by molar-refractivity contribution is 6.40. The third kappa shape index (κ3) is 1.87. The largest absolute Gasteiger partial charge is 0.507 e. The third-order valence-corrected chi connectivity index (χ3v) is 5.03. The Balaban J connectivity index is 1.97. The summed E-state index contributed by atoms with van der Waals surface area (Å²) in [4.78, 5) is 36.7. The van der Waals surface area contributed by atoms with Gasteiger partial charge in [0.25, 0.3) is 0 Å². The van der Waals surface area contributed by atoms with Crippen LogP contribution in [0.1, 0.15) is 28.4 Å². The molecule has 0 aromatic heterocycles. The van der Waals surface area contributed by atoms with Crippen molar-refractivity contribution in [3.05, 3.63) is 41.5 Å². The molecule has 0 radical (unpaired) electrons. The van der Waals surface area contributed by atoms with Crippen LogP contribution in [0.5, 0.6) is 5.75 Å². The van der Waals surface area contributed by atoms with E-state index in [-0.39, 0.29) is 16.9 Å². The molecule has 0 spiro atoms. The first-order valence-electron chi connectivity index (χ1n) is 7.63. The summed E-state index contributed by atoms with van der Waals surface area (Å²) in [5.41, 5.74) is 0.411. The Bertz CT molecular complexity index is 915. The first-order chi connectivity index (χ1) is 11.4. The van der Waals surface area contributed by atoms with E-state index in [4.69, 9.17) is 0 Å². The van der Waals surface area contributed by atoms with Crippen molar-refractivity contribution in [3.63, 3.8) is 0 Å². The van der Waals surface area contributed by atoms with Gasteiger partial charge in [-0.2, -0.15) is 0 Å². The number of phenols is 1. The standard InChI is InChI=1S/C18H14O6/c19-11-3-1-2-7-4-9-10(5-8(7)11)16(22)14-12(20)6-13(21)18(24)15(14)17(9)23/h1-5,12,14-15,17,19-20,23H,6H2. The number of benzene rings is 2. The number of aromatic hydroxyl groups is 1. The van der Waals surface area contributed by atoms with Crippen LogP contribution < -0.4 is 0 Å². The topological polar surface area (TPSA) is 112 Å². The maximum atomic E-state index is 12.8. The van der Waals surface area contributed by atoms with Crippen LogP contribution >= 0.6 is 0 Å². The van der Waals surface area contributed by atoms with E-state index in [2.05, 4.69) is 0 Å². The number of aliphatic hydroxyl groups is 2. The first-order valence-corrected chi connectivity index (χ1v) is 7.63. The van der Waals surface area contributed by atoms with Gasteiger partial charge >= 0.3 is 0 Å². The number of hydrogen-bond acceptors (Lipinski definition) is 6. The molecule has 2 aliphatic carbocycles. The van der Waals surface area contributed by atoms with Crippen molar-refractivity contribution in [1.82, 2.24) is 0 Å².